The van der Waals surface area contributed by atoms with Crippen LogP contribution < -0.4 is 19.7 Å². The quantitative estimate of drug-likeness (QED) is 0.747. The minimum absolute atomic E-state index is 0.140. The minimum atomic E-state index is -1.15. The van der Waals surface area contributed by atoms with Gasteiger partial charge in [-0.05, 0) is 37.6 Å². The maximum atomic E-state index is 13.9. The van der Waals surface area contributed by atoms with Crippen LogP contribution in [0.5, 0.6) is 11.5 Å². The Bertz CT molecular complexity index is 1180. The lowest BCUT2D eigenvalue weighted by Crippen LogP contribution is -2.54. The molecule has 0 saturated carbocycles. The topological polar surface area (TPSA) is 88.2 Å². The second kappa shape index (κ2) is 6.56. The molecule has 4 aliphatic heterocycles. The molecule has 2 aromatic carbocycles. The summed E-state index contributed by atoms with van der Waals surface area (Å²) in [6.07, 6.45) is 1.68. The van der Waals surface area contributed by atoms with Crippen LogP contribution in [0.15, 0.2) is 42.5 Å². The molecule has 32 heavy (non-hydrogen) atoms. The van der Waals surface area contributed by atoms with Gasteiger partial charge in [0.25, 0.3) is 0 Å². The molecule has 0 aromatic heterocycles. The molecular weight excluding hydrogens is 410 g/mol. The molecule has 0 bridgehead atoms. The monoisotopic (exact) mass is 433 g/mol. The van der Waals surface area contributed by atoms with Gasteiger partial charge in [0.05, 0.1) is 31.7 Å². The van der Waals surface area contributed by atoms with Crippen LogP contribution >= 0.6 is 0 Å². The first-order chi connectivity index (χ1) is 15.5. The number of carbonyl (C=O) groups is 3. The van der Waals surface area contributed by atoms with Crippen molar-refractivity contribution in [3.05, 3.63) is 48.0 Å². The lowest BCUT2D eigenvalue weighted by atomic mass is 9.75. The molecule has 0 unspecified atom stereocenters. The van der Waals surface area contributed by atoms with Gasteiger partial charge in [0.2, 0.25) is 17.7 Å². The van der Waals surface area contributed by atoms with E-state index in [-0.39, 0.29) is 23.8 Å². The van der Waals surface area contributed by atoms with Crippen molar-refractivity contribution in [2.24, 2.45) is 11.8 Å². The third kappa shape index (κ3) is 2.13. The smallest absolute Gasteiger partial charge is 0.250 e. The molecule has 1 spiro atoms. The fourth-order valence-corrected chi connectivity index (χ4v) is 6.38. The summed E-state index contributed by atoms with van der Waals surface area (Å²) in [5.41, 5.74) is 0.785. The van der Waals surface area contributed by atoms with Crippen molar-refractivity contribution in [2.45, 2.75) is 24.4 Å². The Morgan fingerprint density at radius 1 is 1.00 bits per heavy atom. The summed E-state index contributed by atoms with van der Waals surface area (Å²) in [7, 11) is 3.04. The molecule has 8 heteroatoms. The minimum Gasteiger partial charge on any atom is -0.493 e. The average Bonchev–Trinajstić information content (AvgIpc) is 3.51. The van der Waals surface area contributed by atoms with Crippen molar-refractivity contribution in [2.75, 3.05) is 31.0 Å². The summed E-state index contributed by atoms with van der Waals surface area (Å²) in [6, 6.07) is 12.4. The molecule has 0 aliphatic carbocycles. The van der Waals surface area contributed by atoms with Gasteiger partial charge in [-0.3, -0.25) is 19.3 Å². The van der Waals surface area contributed by atoms with Crippen LogP contribution in [0.2, 0.25) is 0 Å². The van der Waals surface area contributed by atoms with Crippen LogP contribution in [0.4, 0.5) is 11.4 Å². The number of anilines is 2. The van der Waals surface area contributed by atoms with Crippen molar-refractivity contribution in [3.8, 4) is 11.5 Å². The lowest BCUT2D eigenvalue weighted by molar-refractivity contribution is -0.135. The number of rotatable bonds is 3. The molecule has 0 radical (unpaired) electrons. The number of nitrogens with zero attached hydrogens (tertiary/aromatic N) is 2. The molecule has 4 atom stereocenters. The van der Waals surface area contributed by atoms with Gasteiger partial charge in [0.15, 0.2) is 11.5 Å². The van der Waals surface area contributed by atoms with Gasteiger partial charge in [0, 0.05) is 23.4 Å². The molecule has 2 aromatic rings. The van der Waals surface area contributed by atoms with E-state index in [0.29, 0.717) is 29.4 Å². The van der Waals surface area contributed by atoms with Crippen LogP contribution in [0, 0.1) is 11.8 Å². The first-order valence-corrected chi connectivity index (χ1v) is 10.8. The number of amides is 3. The summed E-state index contributed by atoms with van der Waals surface area (Å²) < 4.78 is 10.7. The number of para-hydroxylation sites is 1. The number of imide groups is 1. The number of methoxy groups -OCH3 is 2. The molecule has 3 fully saturated rings. The maximum Gasteiger partial charge on any atom is 0.250 e. The third-order valence-electron chi connectivity index (χ3n) is 7.53. The standard InChI is InChI=1S/C24H23N3O5/c1-31-17-10-9-13(12-18(17)32-2)27-21(28)19-16-8-5-11-26(16)24(20(19)22(27)29)14-6-3-4-7-15(14)25-23(24)30/h3-4,6-7,9-10,12,16,19-20H,5,8,11H2,1-2H3,(H,25,30)/t16-,19+,20+,24+/m0/s1. The third-order valence-corrected chi connectivity index (χ3v) is 7.53. The summed E-state index contributed by atoms with van der Waals surface area (Å²) in [4.78, 5) is 44.6. The summed E-state index contributed by atoms with van der Waals surface area (Å²) >= 11 is 0. The zero-order valence-electron chi connectivity index (χ0n) is 17.8. The molecule has 8 nitrogen and oxygen atoms in total. The van der Waals surface area contributed by atoms with E-state index in [9.17, 15) is 14.4 Å². The van der Waals surface area contributed by atoms with Gasteiger partial charge >= 0.3 is 0 Å². The Morgan fingerprint density at radius 2 is 1.78 bits per heavy atom. The van der Waals surface area contributed by atoms with E-state index in [1.807, 2.05) is 24.3 Å². The van der Waals surface area contributed by atoms with Crippen molar-refractivity contribution in [1.82, 2.24) is 4.90 Å². The van der Waals surface area contributed by atoms with Crippen molar-refractivity contribution < 1.29 is 23.9 Å². The van der Waals surface area contributed by atoms with Crippen LogP contribution in [-0.2, 0) is 19.9 Å². The molecule has 4 heterocycles. The number of hydrogen-bond donors (Lipinski definition) is 1. The van der Waals surface area contributed by atoms with E-state index in [0.717, 1.165) is 18.4 Å². The Labute approximate surface area is 185 Å². The van der Waals surface area contributed by atoms with Gasteiger partial charge in [-0.2, -0.15) is 0 Å². The number of nitrogens with one attached hydrogen (secondary N) is 1. The van der Waals surface area contributed by atoms with E-state index in [1.54, 1.807) is 18.2 Å². The highest BCUT2D eigenvalue weighted by atomic mass is 16.5. The molecule has 1 N–H and O–H groups in total. The van der Waals surface area contributed by atoms with Crippen LogP contribution in [0.1, 0.15) is 18.4 Å². The largest absolute Gasteiger partial charge is 0.493 e. The van der Waals surface area contributed by atoms with Gasteiger partial charge in [0.1, 0.15) is 5.54 Å². The predicted octanol–water partition coefficient (Wildman–Crippen LogP) is 2.13. The second-order valence-electron chi connectivity index (χ2n) is 8.72. The zero-order valence-corrected chi connectivity index (χ0v) is 17.8. The predicted molar refractivity (Wildman–Crippen MR) is 115 cm³/mol. The Balaban J connectivity index is 1.51. The maximum absolute atomic E-state index is 13.9. The number of ether oxygens (including phenoxy) is 2. The Morgan fingerprint density at radius 3 is 2.56 bits per heavy atom. The fourth-order valence-electron chi connectivity index (χ4n) is 6.38. The number of fused-ring (bicyclic) bond motifs is 7. The molecular formula is C24H23N3O5. The van der Waals surface area contributed by atoms with Gasteiger partial charge in [-0.15, -0.1) is 0 Å². The van der Waals surface area contributed by atoms with E-state index >= 15 is 0 Å². The molecule has 6 rings (SSSR count). The SMILES string of the molecule is COc1ccc(N2C(=O)[C@@H]3[C@@H]4CCCN4[C@@]4(C(=O)Nc5ccccc54)[C@H]3C2=O)cc1OC. The van der Waals surface area contributed by atoms with Crippen LogP contribution in [-0.4, -0.2) is 49.4 Å². The lowest BCUT2D eigenvalue weighted by Gasteiger charge is -2.36. The molecule has 4 aliphatic rings. The highest BCUT2D eigenvalue weighted by Gasteiger charge is 2.74. The molecule has 3 saturated heterocycles. The van der Waals surface area contributed by atoms with Gasteiger partial charge in [-0.25, -0.2) is 4.90 Å². The van der Waals surface area contributed by atoms with Crippen molar-refractivity contribution >= 4 is 29.1 Å². The van der Waals surface area contributed by atoms with Crippen molar-refractivity contribution in [3.63, 3.8) is 0 Å². The molecule has 164 valence electrons. The second-order valence-corrected chi connectivity index (χ2v) is 8.72. The van der Waals surface area contributed by atoms with Crippen LogP contribution in [0.3, 0.4) is 0 Å². The van der Waals surface area contributed by atoms with Gasteiger partial charge in [-0.1, -0.05) is 18.2 Å². The Hall–Kier alpha value is -3.39. The Kier molecular flexibility index (Phi) is 3.96. The number of benzene rings is 2. The first kappa shape index (κ1) is 19.3. The number of hydrogen-bond acceptors (Lipinski definition) is 6. The highest BCUT2D eigenvalue weighted by molar-refractivity contribution is 6.26. The van der Waals surface area contributed by atoms with Crippen LogP contribution in [0.25, 0.3) is 0 Å². The highest BCUT2D eigenvalue weighted by Crippen LogP contribution is 2.60. The first-order valence-electron chi connectivity index (χ1n) is 10.8. The molecule has 3 amide bonds. The fraction of sp³-hybridized carbons (Fsp3) is 0.375. The zero-order chi connectivity index (χ0) is 22.2. The van der Waals surface area contributed by atoms with Gasteiger partial charge < -0.3 is 14.8 Å². The summed E-state index contributed by atoms with van der Waals surface area (Å²) in [6.45, 7) is 0.691. The van der Waals surface area contributed by atoms with E-state index in [2.05, 4.69) is 10.2 Å². The normalized spacial score (nSPS) is 30.5. The number of carbonyl (C=O) groups excluding carboxylic acids is 3. The summed E-state index contributed by atoms with van der Waals surface area (Å²) in [5, 5.41) is 2.98. The summed E-state index contributed by atoms with van der Waals surface area (Å²) in [5.74, 6) is -1.19. The van der Waals surface area contributed by atoms with E-state index in [1.165, 1.54) is 19.1 Å². The van der Waals surface area contributed by atoms with E-state index < -0.39 is 17.4 Å². The average molecular weight is 433 g/mol. The van der Waals surface area contributed by atoms with Crippen molar-refractivity contribution in [1.29, 1.82) is 0 Å². The van der Waals surface area contributed by atoms with E-state index in [4.69, 9.17) is 9.47 Å².